The molecular weight excluding hydrogens is 1190 g/mol. The summed E-state index contributed by atoms with van der Waals surface area (Å²) in [5.41, 5.74) is 9.09. The second-order valence-electron chi connectivity index (χ2n) is 24.1. The molecule has 90 heavy (non-hydrogen) atoms. The van der Waals surface area contributed by atoms with Crippen molar-refractivity contribution in [1.82, 2.24) is 45.5 Å². The third-order valence-electron chi connectivity index (χ3n) is 17.3. The molecule has 484 valence electrons. The van der Waals surface area contributed by atoms with Crippen molar-refractivity contribution in [1.29, 1.82) is 0 Å². The lowest BCUT2D eigenvalue weighted by molar-refractivity contribution is -0.172. The van der Waals surface area contributed by atoms with Gasteiger partial charge in [0, 0.05) is 92.9 Å². The van der Waals surface area contributed by atoms with E-state index in [1.54, 1.807) is 58.0 Å². The van der Waals surface area contributed by atoms with Gasteiger partial charge in [0.15, 0.2) is 12.2 Å². The molecule has 2 aromatic carbocycles. The number of nitrogens with zero attached hydrogens (tertiary/aromatic N) is 5. The van der Waals surface area contributed by atoms with Crippen LogP contribution in [0.5, 0.6) is 0 Å². The molecule has 5 atom stereocenters. The fourth-order valence-electron chi connectivity index (χ4n) is 11.8. The van der Waals surface area contributed by atoms with E-state index in [0.29, 0.717) is 87.0 Å². The number of urea groups is 1. The number of imide groups is 1. The number of hydrogen-bond donors (Lipinski definition) is 7. The van der Waals surface area contributed by atoms with Crippen molar-refractivity contribution in [3.8, 4) is 11.4 Å². The standard InChI is InChI=1S/C63H80FN11O14S/c1-9-63(86)42-27-47-54-40(29-75(47)58(90)41(42)31-87-59(63)82)52-44(21-20-38-35(6)43(64)28-46(69-54)51(38)52)68-49(77)32-89-62(85)73(8)25-24-72(7)61(84)88-30-36-16-18-37(19-17-36)67-55(79)45(14-13-22-66-60(65)83)70-56(80)53(34(4)5)71-48(76)15-11-10-12-23-74-50(78)26-39(33(2)3)57(74)81/h16-19,27-28,33-34,39,44-45,53,86H,9-15,20-26,29-32H2,1-8H3,(H,67,79)(H,68,77)(H,70,80)(H,71,76)(H3,65,66,83)/t39?,44-,45+,53+,63+/m1/s1. The minimum atomic E-state index is -1.93. The average molecular weight is 1270 g/mol. The van der Waals surface area contributed by atoms with Crippen LogP contribution in [0, 0.1) is 35.1 Å². The molecule has 3 aliphatic heterocycles. The molecule has 0 saturated carbocycles. The molecule has 1 fully saturated rings. The van der Waals surface area contributed by atoms with Gasteiger partial charge in [-0.2, -0.15) is 0 Å². The van der Waals surface area contributed by atoms with Gasteiger partial charge in [0.1, 0.15) is 35.8 Å². The van der Waals surface area contributed by atoms with Crippen molar-refractivity contribution >= 4 is 88.4 Å². The van der Waals surface area contributed by atoms with E-state index in [4.69, 9.17) is 37.1 Å². The molecule has 25 nitrogen and oxygen atoms in total. The number of halogens is 1. The van der Waals surface area contributed by atoms with Crippen LogP contribution in [0.2, 0.25) is 0 Å². The number of aliphatic hydroxyl groups is 1. The number of aromatic nitrogens is 2. The average Bonchev–Trinajstić information content (AvgIpc) is 1.46. The molecule has 0 bridgehead atoms. The van der Waals surface area contributed by atoms with Gasteiger partial charge in [0.25, 0.3) is 5.91 Å². The maximum Gasteiger partial charge on any atom is 0.410 e. The monoisotopic (exact) mass is 1270 g/mol. The SMILES string of the molecule is CC[C@@]1(O)C(=O)OCc2c1cc1n(c2=S)Cc2c-1nc1cc(F)c(C)c3c1c2[C@H](NC(=O)COC(=O)N(C)CCN(C)C(=O)OCc1ccc(NC(=O)[C@H](CCCNC(N)=O)NC(=O)[C@@H](NC(=O)CCCCCN2C(=O)CC(C(C)C)C2=O)C(C)C)cc1)CC3. The number of amides is 10. The molecular formula is C63H80FN11O14S. The zero-order valence-electron chi connectivity index (χ0n) is 52.0. The minimum absolute atomic E-state index is 0.00455. The predicted molar refractivity (Wildman–Crippen MR) is 329 cm³/mol. The maximum atomic E-state index is 15.5. The van der Waals surface area contributed by atoms with Crippen molar-refractivity contribution in [2.75, 3.05) is 52.2 Å². The molecule has 8 N–H and O–H groups in total. The number of anilines is 1. The van der Waals surface area contributed by atoms with E-state index >= 15 is 4.39 Å². The molecule has 4 aromatic rings. The number of aryl methyl sites for hydroxylation is 1. The summed E-state index contributed by atoms with van der Waals surface area (Å²) in [6.07, 6.45) is 1.56. The Morgan fingerprint density at radius 1 is 0.911 bits per heavy atom. The number of fused-ring (bicyclic) bond motifs is 5. The van der Waals surface area contributed by atoms with Crippen molar-refractivity contribution in [2.45, 2.75) is 149 Å². The zero-order chi connectivity index (χ0) is 65.5. The Labute approximate surface area is 525 Å². The fourth-order valence-corrected chi connectivity index (χ4v) is 12.2. The smallest absolute Gasteiger partial charge is 0.410 e. The Balaban J connectivity index is 0.791. The first-order valence-electron chi connectivity index (χ1n) is 30.5. The lowest BCUT2D eigenvalue weighted by atomic mass is 9.81. The highest BCUT2D eigenvalue weighted by molar-refractivity contribution is 7.71. The number of nitrogens with two attached hydrogens (primary N) is 1. The quantitative estimate of drug-likeness (QED) is 0.0111. The Morgan fingerprint density at radius 2 is 1.61 bits per heavy atom. The fraction of sp³-hybridized carbons (Fsp3) is 0.524. The third kappa shape index (κ3) is 15.0. The van der Waals surface area contributed by atoms with E-state index in [-0.39, 0.29) is 114 Å². The number of unbranched alkanes of at least 4 members (excludes halogenated alkanes) is 2. The summed E-state index contributed by atoms with van der Waals surface area (Å²) in [6, 6.07) is 6.02. The third-order valence-corrected chi connectivity index (χ3v) is 17.7. The van der Waals surface area contributed by atoms with Crippen molar-refractivity contribution in [2.24, 2.45) is 23.5 Å². The van der Waals surface area contributed by atoms with Gasteiger partial charge < -0.3 is 66.0 Å². The minimum Gasteiger partial charge on any atom is -0.458 e. The van der Waals surface area contributed by atoms with Crippen molar-refractivity contribution in [3.63, 3.8) is 0 Å². The summed E-state index contributed by atoms with van der Waals surface area (Å²) in [5.74, 6) is -4.30. The summed E-state index contributed by atoms with van der Waals surface area (Å²) in [4.78, 5) is 138. The Bertz CT molecular complexity index is 3560. The number of rotatable bonds is 26. The van der Waals surface area contributed by atoms with Gasteiger partial charge >= 0.3 is 24.2 Å². The Hall–Kier alpha value is -8.59. The number of hydrogen-bond acceptors (Lipinski definition) is 16. The Morgan fingerprint density at radius 3 is 2.27 bits per heavy atom. The first kappa shape index (κ1) is 67.3. The van der Waals surface area contributed by atoms with Crippen molar-refractivity contribution in [3.05, 3.63) is 85.8 Å². The molecule has 5 heterocycles. The summed E-state index contributed by atoms with van der Waals surface area (Å²) in [6.45, 7) is 10.5. The Kier molecular flexibility index (Phi) is 21.6. The predicted octanol–water partition coefficient (Wildman–Crippen LogP) is 5.94. The molecule has 1 unspecified atom stereocenters. The van der Waals surface area contributed by atoms with Gasteiger partial charge in [-0.25, -0.2) is 28.6 Å². The summed E-state index contributed by atoms with van der Waals surface area (Å²) in [7, 11) is 2.92. The van der Waals surface area contributed by atoms with Crippen LogP contribution in [0.15, 0.2) is 36.4 Å². The molecule has 2 aromatic heterocycles. The van der Waals surface area contributed by atoms with Crippen LogP contribution in [0.25, 0.3) is 22.3 Å². The highest BCUT2D eigenvalue weighted by Crippen LogP contribution is 2.47. The molecule has 1 saturated heterocycles. The molecule has 1 aliphatic carbocycles. The molecule has 27 heteroatoms. The van der Waals surface area contributed by atoms with Crippen LogP contribution >= 0.6 is 12.2 Å². The normalized spacial score (nSPS) is 17.8. The van der Waals surface area contributed by atoms with Crippen LogP contribution in [-0.2, 0) is 79.6 Å². The number of carbonyl (C=O) groups is 10. The number of esters is 1. The number of ether oxygens (including phenoxy) is 3. The van der Waals surface area contributed by atoms with E-state index in [9.17, 15) is 53.1 Å². The lowest BCUT2D eigenvalue weighted by Crippen LogP contribution is -2.54. The number of pyridine rings is 2. The molecule has 4 aliphatic rings. The second kappa shape index (κ2) is 28.9. The number of primary amides is 1. The molecule has 0 spiro atoms. The maximum absolute atomic E-state index is 15.5. The van der Waals surface area contributed by atoms with Crippen LogP contribution in [-0.4, -0.2) is 148 Å². The number of likely N-dealkylation sites (tertiary alicyclic amines) is 1. The topological polar surface area (TPSA) is 332 Å². The number of carbonyl (C=O) groups excluding carboxylic acids is 10. The highest BCUT2D eigenvalue weighted by atomic mass is 32.1. The van der Waals surface area contributed by atoms with Crippen molar-refractivity contribution < 1.29 is 71.7 Å². The van der Waals surface area contributed by atoms with Crippen LogP contribution in [0.3, 0.4) is 0 Å². The number of benzene rings is 2. The largest absolute Gasteiger partial charge is 0.458 e. The van der Waals surface area contributed by atoms with Gasteiger partial charge in [-0.05, 0) is 104 Å². The van der Waals surface area contributed by atoms with Gasteiger partial charge in [-0.3, -0.25) is 33.7 Å². The van der Waals surface area contributed by atoms with E-state index < -0.39 is 78.1 Å². The number of cyclic esters (lactones) is 1. The molecule has 10 amide bonds. The second-order valence-corrected chi connectivity index (χ2v) is 24.5. The first-order chi connectivity index (χ1) is 42.7. The highest BCUT2D eigenvalue weighted by Gasteiger charge is 2.46. The molecule has 8 rings (SSSR count). The van der Waals surface area contributed by atoms with E-state index in [0.717, 1.165) is 16.7 Å². The first-order valence-corrected chi connectivity index (χ1v) is 30.9. The lowest BCUT2D eigenvalue weighted by Gasteiger charge is -2.32. The van der Waals surface area contributed by atoms with E-state index in [1.807, 2.05) is 18.4 Å². The van der Waals surface area contributed by atoms with Crippen LogP contribution in [0.1, 0.15) is 137 Å². The van der Waals surface area contributed by atoms with Gasteiger partial charge in [0.2, 0.25) is 29.5 Å². The van der Waals surface area contributed by atoms with Crippen LogP contribution in [0.4, 0.5) is 24.5 Å². The number of likely N-dealkylation sites (N-methyl/N-ethyl adjacent to an activating group) is 2. The van der Waals surface area contributed by atoms with E-state index in [2.05, 4.69) is 26.6 Å². The number of nitrogens with one attached hydrogen (secondary N) is 5. The van der Waals surface area contributed by atoms with Crippen LogP contribution < -0.4 is 32.3 Å². The summed E-state index contributed by atoms with van der Waals surface area (Å²) >= 11 is 5.93. The zero-order valence-corrected chi connectivity index (χ0v) is 52.8. The summed E-state index contributed by atoms with van der Waals surface area (Å²) < 4.78 is 33.9. The van der Waals surface area contributed by atoms with Gasteiger partial charge in [-0.15, -0.1) is 0 Å². The molecule has 0 radical (unpaired) electrons. The van der Waals surface area contributed by atoms with Gasteiger partial charge in [0.05, 0.1) is 29.5 Å². The summed E-state index contributed by atoms with van der Waals surface area (Å²) in [5, 5.41) is 26.0. The van der Waals surface area contributed by atoms with Gasteiger partial charge in [-0.1, -0.05) is 65.4 Å². The van der Waals surface area contributed by atoms with E-state index in [1.165, 1.54) is 34.9 Å².